The number of nitrogens with zero attached hydrogens (tertiary/aromatic N) is 3. The van der Waals surface area contributed by atoms with E-state index in [9.17, 15) is 8.42 Å². The van der Waals surface area contributed by atoms with E-state index in [1.54, 1.807) is 31.1 Å². The first-order valence-electron chi connectivity index (χ1n) is 6.21. The molecule has 0 saturated carbocycles. The molecule has 22 heavy (non-hydrogen) atoms. The molecule has 1 N–H and O–H groups in total. The van der Waals surface area contributed by atoms with Gasteiger partial charge in [-0.1, -0.05) is 23.7 Å². The van der Waals surface area contributed by atoms with Crippen LogP contribution in [0.4, 0.5) is 11.5 Å². The fourth-order valence-electron chi connectivity index (χ4n) is 1.73. The van der Waals surface area contributed by atoms with Gasteiger partial charge in [0.15, 0.2) is 5.82 Å². The molecule has 0 amide bonds. The zero-order valence-corrected chi connectivity index (χ0v) is 13.8. The molecule has 0 fully saturated rings. The summed E-state index contributed by atoms with van der Waals surface area (Å²) < 4.78 is 32.3. The van der Waals surface area contributed by atoms with Crippen LogP contribution in [0.1, 0.15) is 0 Å². The van der Waals surface area contributed by atoms with Crippen LogP contribution in [-0.2, 0) is 10.0 Å². The lowest BCUT2D eigenvalue weighted by Crippen LogP contribution is -2.19. The molecule has 0 bridgehead atoms. The van der Waals surface area contributed by atoms with E-state index in [2.05, 4.69) is 14.7 Å². The maximum Gasteiger partial charge on any atom is 0.318 e. The number of aromatic nitrogens is 2. The van der Waals surface area contributed by atoms with Gasteiger partial charge >= 0.3 is 6.01 Å². The molecule has 0 spiro atoms. The monoisotopic (exact) mass is 342 g/mol. The summed E-state index contributed by atoms with van der Waals surface area (Å²) in [6, 6.07) is 6.32. The van der Waals surface area contributed by atoms with E-state index in [1.807, 2.05) is 0 Å². The Morgan fingerprint density at radius 2 is 1.95 bits per heavy atom. The number of hydrogen-bond acceptors (Lipinski definition) is 6. The van der Waals surface area contributed by atoms with E-state index in [0.717, 1.165) is 0 Å². The van der Waals surface area contributed by atoms with E-state index >= 15 is 0 Å². The van der Waals surface area contributed by atoms with Gasteiger partial charge in [-0.15, -0.1) is 0 Å². The Morgan fingerprint density at radius 1 is 1.27 bits per heavy atom. The van der Waals surface area contributed by atoms with Crippen molar-refractivity contribution in [1.29, 1.82) is 0 Å². The average molecular weight is 343 g/mol. The molecule has 0 unspecified atom stereocenters. The van der Waals surface area contributed by atoms with E-state index in [0.29, 0.717) is 5.82 Å². The van der Waals surface area contributed by atoms with Gasteiger partial charge in [0, 0.05) is 14.1 Å². The van der Waals surface area contributed by atoms with Crippen LogP contribution in [0.15, 0.2) is 35.4 Å². The van der Waals surface area contributed by atoms with Crippen molar-refractivity contribution in [2.75, 3.05) is 30.8 Å². The number of hydrogen-bond donors (Lipinski definition) is 1. The van der Waals surface area contributed by atoms with Crippen LogP contribution in [0.2, 0.25) is 5.02 Å². The predicted octanol–water partition coefficient (Wildman–Crippen LogP) is 2.01. The Kier molecular flexibility index (Phi) is 4.72. The van der Waals surface area contributed by atoms with Crippen LogP contribution in [0.3, 0.4) is 0 Å². The Morgan fingerprint density at radius 3 is 2.55 bits per heavy atom. The van der Waals surface area contributed by atoms with Crippen molar-refractivity contribution in [2.24, 2.45) is 0 Å². The molecular weight excluding hydrogens is 328 g/mol. The molecule has 0 aliphatic carbocycles. The molecular formula is C13H15ClN4O3S. The molecule has 0 atom stereocenters. The molecule has 1 aromatic heterocycles. The second kappa shape index (κ2) is 6.37. The standard InChI is InChI=1S/C13H15ClN4O3S/c1-18(2)12-10(8-15-13(16-12)21-3)17-22(19,20)11-7-5-4-6-9(11)14/h4-8,17H,1-3H3. The molecule has 2 aromatic rings. The quantitative estimate of drug-likeness (QED) is 0.894. The van der Waals surface area contributed by atoms with Crippen molar-refractivity contribution >= 4 is 33.1 Å². The van der Waals surface area contributed by atoms with Gasteiger partial charge in [-0.3, -0.25) is 4.72 Å². The first-order chi connectivity index (χ1) is 10.3. The van der Waals surface area contributed by atoms with Crippen LogP contribution < -0.4 is 14.4 Å². The first-order valence-corrected chi connectivity index (χ1v) is 8.07. The number of halogens is 1. The van der Waals surface area contributed by atoms with E-state index in [1.165, 1.54) is 25.4 Å². The zero-order chi connectivity index (χ0) is 16.3. The van der Waals surface area contributed by atoms with E-state index < -0.39 is 10.0 Å². The number of rotatable bonds is 5. The second-order valence-corrected chi connectivity index (χ2v) is 6.58. The molecule has 0 aliphatic heterocycles. The number of methoxy groups -OCH3 is 1. The number of anilines is 2. The van der Waals surface area contributed by atoms with Crippen LogP contribution in [0, 0.1) is 0 Å². The topological polar surface area (TPSA) is 84.4 Å². The molecule has 9 heteroatoms. The fraction of sp³-hybridized carbons (Fsp3) is 0.231. The minimum absolute atomic E-state index is 0.0165. The molecule has 0 radical (unpaired) electrons. The van der Waals surface area contributed by atoms with Gasteiger partial charge in [-0.25, -0.2) is 13.4 Å². The predicted molar refractivity (Wildman–Crippen MR) is 85.2 cm³/mol. The van der Waals surface area contributed by atoms with E-state index in [4.69, 9.17) is 16.3 Å². The molecule has 0 aliphatic rings. The summed E-state index contributed by atoms with van der Waals surface area (Å²) in [5, 5.41) is 0.135. The Labute approximate surface area is 134 Å². The molecule has 2 rings (SSSR count). The van der Waals surface area contributed by atoms with Crippen molar-refractivity contribution < 1.29 is 13.2 Å². The first kappa shape index (κ1) is 16.3. The SMILES string of the molecule is COc1ncc(NS(=O)(=O)c2ccccc2Cl)c(N(C)C)n1. The van der Waals surface area contributed by atoms with Gasteiger partial charge in [0.1, 0.15) is 10.6 Å². The molecule has 1 aromatic carbocycles. The number of ether oxygens (including phenoxy) is 1. The summed E-state index contributed by atoms with van der Waals surface area (Å²) in [6.45, 7) is 0. The highest BCUT2D eigenvalue weighted by atomic mass is 35.5. The lowest BCUT2D eigenvalue weighted by Gasteiger charge is -2.17. The Hall–Kier alpha value is -2.06. The summed E-state index contributed by atoms with van der Waals surface area (Å²) in [4.78, 5) is 9.68. The van der Waals surface area contributed by atoms with Gasteiger partial charge in [0.2, 0.25) is 0 Å². The van der Waals surface area contributed by atoms with Crippen LogP contribution in [-0.4, -0.2) is 39.6 Å². The molecule has 7 nitrogen and oxygen atoms in total. The maximum absolute atomic E-state index is 12.5. The summed E-state index contributed by atoms with van der Waals surface area (Å²) >= 11 is 5.94. The highest BCUT2D eigenvalue weighted by Crippen LogP contribution is 2.28. The van der Waals surface area contributed by atoms with Crippen molar-refractivity contribution in [1.82, 2.24) is 9.97 Å². The third-order valence-electron chi connectivity index (χ3n) is 2.72. The lowest BCUT2D eigenvalue weighted by molar-refractivity contribution is 0.380. The number of benzene rings is 1. The Balaban J connectivity index is 2.44. The van der Waals surface area contributed by atoms with Crippen molar-refractivity contribution in [3.63, 3.8) is 0 Å². The lowest BCUT2D eigenvalue weighted by atomic mass is 10.4. The average Bonchev–Trinajstić information content (AvgIpc) is 2.47. The fourth-order valence-corrected chi connectivity index (χ4v) is 3.30. The third kappa shape index (κ3) is 3.40. The van der Waals surface area contributed by atoms with Crippen LogP contribution >= 0.6 is 11.6 Å². The van der Waals surface area contributed by atoms with Gasteiger partial charge in [0.25, 0.3) is 10.0 Å². The molecule has 0 saturated heterocycles. The maximum atomic E-state index is 12.5. The van der Waals surface area contributed by atoms with Crippen molar-refractivity contribution in [2.45, 2.75) is 4.90 Å². The summed E-state index contributed by atoms with van der Waals surface area (Å²) in [5.74, 6) is 0.377. The summed E-state index contributed by atoms with van der Waals surface area (Å²) in [7, 11) is 1.05. The Bertz CT molecular complexity index is 781. The van der Waals surface area contributed by atoms with Gasteiger partial charge in [-0.05, 0) is 12.1 Å². The van der Waals surface area contributed by atoms with Gasteiger partial charge < -0.3 is 9.64 Å². The highest BCUT2D eigenvalue weighted by Gasteiger charge is 2.20. The summed E-state index contributed by atoms with van der Waals surface area (Å²) in [5.41, 5.74) is 0.228. The second-order valence-electron chi connectivity index (χ2n) is 4.52. The highest BCUT2D eigenvalue weighted by molar-refractivity contribution is 7.92. The third-order valence-corrected chi connectivity index (χ3v) is 4.59. The van der Waals surface area contributed by atoms with Gasteiger partial charge in [-0.2, -0.15) is 4.98 Å². The van der Waals surface area contributed by atoms with E-state index in [-0.39, 0.29) is 21.6 Å². The normalized spacial score (nSPS) is 11.1. The minimum Gasteiger partial charge on any atom is -0.467 e. The largest absolute Gasteiger partial charge is 0.467 e. The molecule has 118 valence electrons. The van der Waals surface area contributed by atoms with Crippen LogP contribution in [0.5, 0.6) is 6.01 Å². The zero-order valence-electron chi connectivity index (χ0n) is 12.2. The smallest absolute Gasteiger partial charge is 0.318 e. The van der Waals surface area contributed by atoms with Crippen molar-refractivity contribution in [3.05, 3.63) is 35.5 Å². The molecule has 1 heterocycles. The summed E-state index contributed by atoms with van der Waals surface area (Å²) in [6.07, 6.45) is 1.34. The van der Waals surface area contributed by atoms with Crippen LogP contribution in [0.25, 0.3) is 0 Å². The minimum atomic E-state index is -3.85. The number of nitrogens with one attached hydrogen (secondary N) is 1. The number of sulfonamides is 1. The van der Waals surface area contributed by atoms with Gasteiger partial charge in [0.05, 0.1) is 18.3 Å². The van der Waals surface area contributed by atoms with Crippen molar-refractivity contribution in [3.8, 4) is 6.01 Å².